The summed E-state index contributed by atoms with van der Waals surface area (Å²) in [7, 11) is 1.62. The summed E-state index contributed by atoms with van der Waals surface area (Å²) in [5.41, 5.74) is 1.02. The number of hydrogen-bond acceptors (Lipinski definition) is 4. The van der Waals surface area contributed by atoms with E-state index in [1.807, 2.05) is 29.2 Å². The number of ether oxygens (including phenoxy) is 2. The number of carbonyl (C=O) groups excluding carboxylic acids is 1. The monoisotopic (exact) mass is 388 g/mol. The van der Waals surface area contributed by atoms with Gasteiger partial charge in [-0.05, 0) is 24.5 Å². The van der Waals surface area contributed by atoms with Gasteiger partial charge in [-0.15, -0.1) is 0 Å². The predicted octanol–water partition coefficient (Wildman–Crippen LogP) is 2.74. The second-order valence-corrected chi connectivity index (χ2v) is 6.56. The van der Waals surface area contributed by atoms with Crippen LogP contribution in [-0.2, 0) is 16.0 Å². The quantitative estimate of drug-likeness (QED) is 0.610. The van der Waals surface area contributed by atoms with Crippen LogP contribution in [0.2, 0.25) is 0 Å². The third-order valence-electron chi connectivity index (χ3n) is 4.55. The van der Waals surface area contributed by atoms with Crippen LogP contribution >= 0.6 is 0 Å². The van der Waals surface area contributed by atoms with Crippen molar-refractivity contribution in [3.63, 3.8) is 0 Å². The molecule has 5 nitrogen and oxygen atoms in total. The van der Waals surface area contributed by atoms with Crippen molar-refractivity contribution in [3.05, 3.63) is 29.8 Å². The maximum Gasteiger partial charge on any atom is 0.411 e. The zero-order valence-electron chi connectivity index (χ0n) is 15.6. The van der Waals surface area contributed by atoms with Crippen LogP contribution in [0.4, 0.5) is 13.2 Å². The molecule has 1 fully saturated rings. The molecule has 1 amide bonds. The summed E-state index contributed by atoms with van der Waals surface area (Å²) in [6, 6.07) is 7.68. The molecule has 2 rings (SSSR count). The Morgan fingerprint density at radius 2 is 1.85 bits per heavy atom. The van der Waals surface area contributed by atoms with Crippen molar-refractivity contribution >= 4 is 5.91 Å². The molecule has 0 spiro atoms. The first-order valence-electron chi connectivity index (χ1n) is 9.15. The summed E-state index contributed by atoms with van der Waals surface area (Å²) in [5.74, 6) is 0.914. The molecule has 1 aliphatic heterocycles. The van der Waals surface area contributed by atoms with E-state index in [0.29, 0.717) is 38.9 Å². The van der Waals surface area contributed by atoms with Crippen molar-refractivity contribution in [2.45, 2.75) is 25.4 Å². The summed E-state index contributed by atoms with van der Waals surface area (Å²) in [6.45, 7) is 2.35. The van der Waals surface area contributed by atoms with Crippen LogP contribution in [0.25, 0.3) is 0 Å². The number of alkyl halides is 3. The Kier molecular flexibility index (Phi) is 8.37. The van der Waals surface area contributed by atoms with E-state index < -0.39 is 12.8 Å². The number of aryl methyl sites for hydroxylation is 1. The molecule has 0 aliphatic carbocycles. The first kappa shape index (κ1) is 21.5. The molecule has 27 heavy (non-hydrogen) atoms. The van der Waals surface area contributed by atoms with E-state index in [4.69, 9.17) is 4.74 Å². The third-order valence-corrected chi connectivity index (χ3v) is 4.55. The van der Waals surface area contributed by atoms with Gasteiger partial charge in [0.1, 0.15) is 12.4 Å². The minimum atomic E-state index is -4.27. The molecule has 1 aliphatic rings. The molecule has 0 unspecified atom stereocenters. The Morgan fingerprint density at radius 3 is 2.52 bits per heavy atom. The molecule has 8 heteroatoms. The minimum absolute atomic E-state index is 0.0948. The highest BCUT2D eigenvalue weighted by Crippen LogP contribution is 2.19. The number of amides is 1. The van der Waals surface area contributed by atoms with Crippen molar-refractivity contribution in [1.82, 2.24) is 9.80 Å². The van der Waals surface area contributed by atoms with E-state index in [-0.39, 0.29) is 12.5 Å². The molecule has 0 atom stereocenters. The van der Waals surface area contributed by atoms with Gasteiger partial charge < -0.3 is 14.4 Å². The normalized spacial score (nSPS) is 15.8. The van der Waals surface area contributed by atoms with Crippen LogP contribution < -0.4 is 4.74 Å². The number of para-hydroxylation sites is 1. The van der Waals surface area contributed by atoms with E-state index in [1.165, 1.54) is 0 Å². The molecule has 0 bridgehead atoms. The number of carbonyl (C=O) groups is 1. The molecule has 1 saturated heterocycles. The number of methoxy groups -OCH3 is 1. The highest BCUT2D eigenvalue weighted by atomic mass is 19.4. The van der Waals surface area contributed by atoms with Crippen LogP contribution in [0.1, 0.15) is 18.4 Å². The molecule has 1 heterocycles. The van der Waals surface area contributed by atoms with Gasteiger partial charge in [-0.2, -0.15) is 13.2 Å². The van der Waals surface area contributed by atoms with Crippen molar-refractivity contribution in [2.75, 3.05) is 53.0 Å². The number of halogens is 3. The van der Waals surface area contributed by atoms with Crippen LogP contribution in [0, 0.1) is 0 Å². The standard InChI is InChI=1S/C19H27F3N2O3/c1-26-17-6-3-2-5-16(17)7-8-18(25)24-12-10-23(11-13-24)9-4-14-27-15-19(20,21)22/h2-3,5-6H,4,7-15H2,1H3. The zero-order chi connectivity index (χ0) is 19.7. The molecule has 0 radical (unpaired) electrons. The topological polar surface area (TPSA) is 42.0 Å². The lowest BCUT2D eigenvalue weighted by Crippen LogP contribution is -2.49. The van der Waals surface area contributed by atoms with E-state index >= 15 is 0 Å². The predicted molar refractivity (Wildman–Crippen MR) is 95.8 cm³/mol. The van der Waals surface area contributed by atoms with Gasteiger partial charge >= 0.3 is 6.18 Å². The second kappa shape index (κ2) is 10.5. The third kappa shape index (κ3) is 7.76. The highest BCUT2D eigenvalue weighted by Gasteiger charge is 2.27. The van der Waals surface area contributed by atoms with Crippen molar-refractivity contribution in [2.24, 2.45) is 0 Å². The molecule has 152 valence electrons. The van der Waals surface area contributed by atoms with E-state index in [0.717, 1.165) is 24.4 Å². The van der Waals surface area contributed by atoms with Crippen LogP contribution in [0.3, 0.4) is 0 Å². The Labute approximate surface area is 158 Å². The number of nitrogens with zero attached hydrogens (tertiary/aromatic N) is 2. The summed E-state index contributed by atoms with van der Waals surface area (Å²) < 4.78 is 45.9. The van der Waals surface area contributed by atoms with Gasteiger partial charge in [0.05, 0.1) is 7.11 Å². The van der Waals surface area contributed by atoms with E-state index in [1.54, 1.807) is 7.11 Å². The van der Waals surface area contributed by atoms with Gasteiger partial charge in [0.15, 0.2) is 0 Å². The summed E-state index contributed by atoms with van der Waals surface area (Å²) in [5, 5.41) is 0. The number of benzene rings is 1. The maximum absolute atomic E-state index is 12.4. The average molecular weight is 388 g/mol. The van der Waals surface area contributed by atoms with Crippen molar-refractivity contribution in [1.29, 1.82) is 0 Å². The van der Waals surface area contributed by atoms with Gasteiger partial charge in [0.25, 0.3) is 0 Å². The molecular formula is C19H27F3N2O3. The molecule has 0 saturated carbocycles. The van der Waals surface area contributed by atoms with Crippen molar-refractivity contribution < 1.29 is 27.4 Å². The van der Waals surface area contributed by atoms with Crippen LogP contribution in [0.5, 0.6) is 5.75 Å². The summed E-state index contributed by atoms with van der Waals surface area (Å²) in [6.07, 6.45) is -2.64. The highest BCUT2D eigenvalue weighted by molar-refractivity contribution is 5.76. The SMILES string of the molecule is COc1ccccc1CCC(=O)N1CCN(CCCOCC(F)(F)F)CC1. The molecule has 0 aromatic heterocycles. The average Bonchev–Trinajstić information content (AvgIpc) is 2.65. The number of hydrogen-bond donors (Lipinski definition) is 0. The molecule has 1 aromatic carbocycles. The lowest BCUT2D eigenvalue weighted by atomic mass is 10.1. The van der Waals surface area contributed by atoms with Crippen LogP contribution in [0.15, 0.2) is 24.3 Å². The Bertz CT molecular complexity index is 588. The Morgan fingerprint density at radius 1 is 1.15 bits per heavy atom. The number of rotatable bonds is 9. The van der Waals surface area contributed by atoms with Crippen molar-refractivity contribution in [3.8, 4) is 5.75 Å². The van der Waals surface area contributed by atoms with E-state index in [9.17, 15) is 18.0 Å². The smallest absolute Gasteiger partial charge is 0.411 e. The molecule has 1 aromatic rings. The lowest BCUT2D eigenvalue weighted by molar-refractivity contribution is -0.174. The summed E-state index contributed by atoms with van der Waals surface area (Å²) in [4.78, 5) is 16.4. The van der Waals surface area contributed by atoms with Gasteiger partial charge in [-0.1, -0.05) is 18.2 Å². The molecular weight excluding hydrogens is 361 g/mol. The van der Waals surface area contributed by atoms with Gasteiger partial charge in [-0.25, -0.2) is 0 Å². The fourth-order valence-electron chi connectivity index (χ4n) is 3.11. The van der Waals surface area contributed by atoms with Gasteiger partial charge in [-0.3, -0.25) is 9.69 Å². The largest absolute Gasteiger partial charge is 0.496 e. The first-order valence-corrected chi connectivity index (χ1v) is 9.15. The minimum Gasteiger partial charge on any atom is -0.496 e. The second-order valence-electron chi connectivity index (χ2n) is 6.56. The maximum atomic E-state index is 12.4. The number of piperazine rings is 1. The van der Waals surface area contributed by atoms with Crippen LogP contribution in [-0.4, -0.2) is 74.9 Å². The lowest BCUT2D eigenvalue weighted by Gasteiger charge is -2.34. The van der Waals surface area contributed by atoms with Gasteiger partial charge in [0.2, 0.25) is 5.91 Å². The Hall–Kier alpha value is -1.80. The first-order chi connectivity index (χ1) is 12.9. The fraction of sp³-hybridized carbons (Fsp3) is 0.632. The molecule has 0 N–H and O–H groups in total. The van der Waals surface area contributed by atoms with E-state index in [2.05, 4.69) is 9.64 Å². The Balaban J connectivity index is 1.62. The van der Waals surface area contributed by atoms with Gasteiger partial charge in [0, 0.05) is 45.8 Å². The fourth-order valence-corrected chi connectivity index (χ4v) is 3.11. The summed E-state index contributed by atoms with van der Waals surface area (Å²) >= 11 is 0. The zero-order valence-corrected chi connectivity index (χ0v) is 15.6.